The van der Waals surface area contributed by atoms with Crippen LogP contribution in [0.3, 0.4) is 0 Å². The Labute approximate surface area is 60.3 Å². The predicted molar refractivity (Wildman–Crippen MR) is 40.1 cm³/mol. The molecule has 0 aliphatic carbocycles. The Morgan fingerprint density at radius 2 is 2.33 bits per heavy atom. The minimum Gasteiger partial charge on any atom is -0.325 e. The molecular weight excluding hydrogens is 158 g/mol. The Bertz CT molecular complexity index is 155. The molecule has 0 aromatic carbocycles. The zero-order valence-corrected chi connectivity index (χ0v) is 7.21. The highest BCUT2D eigenvalue weighted by atomic mass is 35.5. The van der Waals surface area contributed by atoms with Crippen molar-refractivity contribution in [3.8, 4) is 0 Å². The van der Waals surface area contributed by atoms with Crippen LogP contribution in [-0.4, -0.2) is 13.3 Å². The maximum absolute atomic E-state index is 11.1. The standard InChI is InChI=1S/C5H10ClO2P/c1-4-8-9(3,7)5(2)6/h2,4H2,1,3H3. The summed E-state index contributed by atoms with van der Waals surface area (Å²) in [4.78, 5) is 0. The Hall–Kier alpha value is 0.220. The lowest BCUT2D eigenvalue weighted by atomic mass is 10.9. The minimum atomic E-state index is -2.69. The van der Waals surface area contributed by atoms with Gasteiger partial charge in [-0.2, -0.15) is 0 Å². The zero-order chi connectivity index (χ0) is 7.49. The van der Waals surface area contributed by atoms with E-state index in [-0.39, 0.29) is 4.77 Å². The Morgan fingerprint density at radius 1 is 1.89 bits per heavy atom. The van der Waals surface area contributed by atoms with E-state index in [1.165, 1.54) is 6.66 Å². The summed E-state index contributed by atoms with van der Waals surface area (Å²) in [6.07, 6.45) is 0. The van der Waals surface area contributed by atoms with E-state index in [1.54, 1.807) is 6.92 Å². The highest BCUT2D eigenvalue weighted by Crippen LogP contribution is 2.52. The second kappa shape index (κ2) is 3.40. The van der Waals surface area contributed by atoms with Crippen molar-refractivity contribution >= 4 is 19.0 Å². The van der Waals surface area contributed by atoms with Crippen molar-refractivity contribution in [3.63, 3.8) is 0 Å². The first-order chi connectivity index (χ1) is 4.00. The number of hydrogen-bond donors (Lipinski definition) is 0. The van der Waals surface area contributed by atoms with Crippen LogP contribution in [0.25, 0.3) is 0 Å². The van der Waals surface area contributed by atoms with Gasteiger partial charge in [0, 0.05) is 6.66 Å². The molecule has 0 aliphatic rings. The molecule has 0 spiro atoms. The molecular formula is C5H10ClO2P. The highest BCUT2D eigenvalue weighted by Gasteiger charge is 2.16. The van der Waals surface area contributed by atoms with Crippen LogP contribution in [0.5, 0.6) is 0 Å². The molecule has 4 heteroatoms. The molecule has 0 radical (unpaired) electrons. The van der Waals surface area contributed by atoms with E-state index in [4.69, 9.17) is 16.1 Å². The van der Waals surface area contributed by atoms with Crippen molar-refractivity contribution < 1.29 is 9.09 Å². The number of rotatable bonds is 3. The van der Waals surface area contributed by atoms with Crippen LogP contribution < -0.4 is 0 Å². The molecule has 0 rings (SSSR count). The average molecular weight is 169 g/mol. The largest absolute Gasteiger partial charge is 0.325 e. The van der Waals surface area contributed by atoms with Gasteiger partial charge in [0.2, 0.25) is 7.37 Å². The molecule has 0 aromatic rings. The maximum atomic E-state index is 11.1. The zero-order valence-electron chi connectivity index (χ0n) is 5.56. The van der Waals surface area contributed by atoms with Crippen molar-refractivity contribution in [2.75, 3.05) is 13.3 Å². The fraction of sp³-hybridized carbons (Fsp3) is 0.600. The molecule has 1 atom stereocenters. The lowest BCUT2D eigenvalue weighted by Gasteiger charge is -2.08. The normalized spacial score (nSPS) is 16.8. The predicted octanol–water partition coefficient (Wildman–Crippen LogP) is 2.64. The maximum Gasteiger partial charge on any atom is 0.239 e. The number of halogens is 1. The second-order valence-electron chi connectivity index (χ2n) is 1.64. The summed E-state index contributed by atoms with van der Waals surface area (Å²) < 4.78 is 16.0. The summed E-state index contributed by atoms with van der Waals surface area (Å²) in [6, 6.07) is 0. The summed E-state index contributed by atoms with van der Waals surface area (Å²) in [7, 11) is -2.69. The van der Waals surface area contributed by atoms with E-state index >= 15 is 0 Å². The van der Waals surface area contributed by atoms with Crippen molar-refractivity contribution in [1.29, 1.82) is 0 Å². The van der Waals surface area contributed by atoms with Gasteiger partial charge in [-0.05, 0) is 6.92 Å². The van der Waals surface area contributed by atoms with E-state index in [0.717, 1.165) is 0 Å². The third kappa shape index (κ3) is 3.04. The topological polar surface area (TPSA) is 26.3 Å². The van der Waals surface area contributed by atoms with Gasteiger partial charge in [-0.1, -0.05) is 18.2 Å². The summed E-state index contributed by atoms with van der Waals surface area (Å²) in [6.45, 7) is 6.94. The molecule has 0 saturated heterocycles. The van der Waals surface area contributed by atoms with Gasteiger partial charge in [-0.25, -0.2) is 0 Å². The van der Waals surface area contributed by atoms with E-state index in [2.05, 4.69) is 6.58 Å². The van der Waals surface area contributed by atoms with Crippen LogP contribution >= 0.6 is 19.0 Å². The molecule has 0 aliphatic heterocycles. The van der Waals surface area contributed by atoms with E-state index in [9.17, 15) is 4.57 Å². The van der Waals surface area contributed by atoms with Gasteiger partial charge in [-0.3, -0.25) is 4.57 Å². The molecule has 0 bridgehead atoms. The molecule has 9 heavy (non-hydrogen) atoms. The van der Waals surface area contributed by atoms with Crippen LogP contribution in [0.1, 0.15) is 6.92 Å². The van der Waals surface area contributed by atoms with E-state index in [1.807, 2.05) is 0 Å². The molecule has 0 aromatic heterocycles. The van der Waals surface area contributed by atoms with Crippen molar-refractivity contribution in [1.82, 2.24) is 0 Å². The second-order valence-corrected chi connectivity index (χ2v) is 4.85. The molecule has 2 nitrogen and oxygen atoms in total. The molecule has 0 fully saturated rings. The van der Waals surface area contributed by atoms with Gasteiger partial charge in [0.05, 0.1) is 11.4 Å². The smallest absolute Gasteiger partial charge is 0.239 e. The van der Waals surface area contributed by atoms with Crippen LogP contribution in [-0.2, 0) is 9.09 Å². The van der Waals surface area contributed by atoms with Crippen LogP contribution in [0.15, 0.2) is 11.4 Å². The summed E-state index contributed by atoms with van der Waals surface area (Å²) in [5.41, 5.74) is 0. The Morgan fingerprint density at radius 3 is 2.44 bits per heavy atom. The minimum absolute atomic E-state index is 0.101. The summed E-state index contributed by atoms with van der Waals surface area (Å²) in [5, 5.41) is 0. The van der Waals surface area contributed by atoms with Gasteiger partial charge in [0.15, 0.2) is 0 Å². The lowest BCUT2D eigenvalue weighted by molar-refractivity contribution is 0.343. The van der Waals surface area contributed by atoms with Crippen molar-refractivity contribution in [3.05, 3.63) is 11.4 Å². The molecule has 0 saturated carbocycles. The first-order valence-electron chi connectivity index (χ1n) is 2.57. The molecule has 0 heterocycles. The van der Waals surface area contributed by atoms with Crippen LogP contribution in [0, 0.1) is 0 Å². The SMILES string of the molecule is C=C(Cl)P(C)(=O)OCC. The van der Waals surface area contributed by atoms with E-state index in [0.29, 0.717) is 6.61 Å². The van der Waals surface area contributed by atoms with Gasteiger partial charge in [-0.15, -0.1) is 0 Å². The third-order valence-corrected chi connectivity index (χ3v) is 3.37. The first-order valence-corrected chi connectivity index (χ1v) is 5.02. The van der Waals surface area contributed by atoms with Crippen LogP contribution in [0.2, 0.25) is 0 Å². The monoisotopic (exact) mass is 168 g/mol. The van der Waals surface area contributed by atoms with Crippen molar-refractivity contribution in [2.45, 2.75) is 6.92 Å². The van der Waals surface area contributed by atoms with Gasteiger partial charge >= 0.3 is 0 Å². The fourth-order valence-electron chi connectivity index (χ4n) is 0.316. The van der Waals surface area contributed by atoms with Gasteiger partial charge in [0.25, 0.3) is 0 Å². The summed E-state index contributed by atoms with van der Waals surface area (Å²) >= 11 is 5.37. The first kappa shape index (κ1) is 9.22. The van der Waals surface area contributed by atoms with Crippen LogP contribution in [0.4, 0.5) is 0 Å². The molecule has 0 N–H and O–H groups in total. The highest BCUT2D eigenvalue weighted by molar-refractivity contribution is 7.64. The molecule has 54 valence electrons. The quantitative estimate of drug-likeness (QED) is 0.606. The van der Waals surface area contributed by atoms with Crippen molar-refractivity contribution in [2.24, 2.45) is 0 Å². The average Bonchev–Trinajstić information content (AvgIpc) is 1.65. The lowest BCUT2D eigenvalue weighted by Crippen LogP contribution is -1.85. The Balaban J connectivity index is 4.04. The molecule has 1 unspecified atom stereocenters. The summed E-state index contributed by atoms with van der Waals surface area (Å²) in [5.74, 6) is 0. The third-order valence-electron chi connectivity index (χ3n) is 0.816. The molecule has 0 amide bonds. The fourth-order valence-corrected chi connectivity index (χ4v) is 1.10. The number of hydrogen-bond acceptors (Lipinski definition) is 2. The van der Waals surface area contributed by atoms with Gasteiger partial charge in [0.1, 0.15) is 0 Å². The van der Waals surface area contributed by atoms with E-state index < -0.39 is 7.37 Å². The Kier molecular flexibility index (Phi) is 3.49. The van der Waals surface area contributed by atoms with Gasteiger partial charge < -0.3 is 4.52 Å².